The highest BCUT2D eigenvalue weighted by Crippen LogP contribution is 2.45. The summed E-state index contributed by atoms with van der Waals surface area (Å²) < 4.78 is 12.3. The van der Waals surface area contributed by atoms with Gasteiger partial charge in [0.25, 0.3) is 0 Å². The molecule has 2 atom stereocenters. The van der Waals surface area contributed by atoms with Gasteiger partial charge in [-0.1, -0.05) is 0 Å². The molecule has 0 saturated carbocycles. The van der Waals surface area contributed by atoms with E-state index in [2.05, 4.69) is 55.8 Å². The third-order valence-corrected chi connectivity index (χ3v) is 6.23. The van der Waals surface area contributed by atoms with Gasteiger partial charge in [-0.2, -0.15) is 0 Å². The van der Waals surface area contributed by atoms with Crippen LogP contribution < -0.4 is 10.6 Å². The number of ether oxygens (including phenoxy) is 2. The van der Waals surface area contributed by atoms with Crippen LogP contribution in [0.4, 0.5) is 11.4 Å². The molecular weight excluding hydrogens is 586 g/mol. The molecule has 0 spiro atoms. The van der Waals surface area contributed by atoms with E-state index < -0.39 is 23.0 Å². The average molecular weight is 606 g/mol. The molecule has 8 heteroatoms. The average Bonchev–Trinajstić information content (AvgIpc) is 2.68. The van der Waals surface area contributed by atoms with Crippen LogP contribution in [0.15, 0.2) is 42.5 Å². The van der Waals surface area contributed by atoms with E-state index in [-0.39, 0.29) is 6.42 Å². The van der Waals surface area contributed by atoms with Gasteiger partial charge in [-0.15, -0.1) is 0 Å². The van der Waals surface area contributed by atoms with Gasteiger partial charge >= 0.3 is 11.9 Å². The first-order chi connectivity index (χ1) is 13.2. The number of rotatable bonds is 4. The van der Waals surface area contributed by atoms with Crippen LogP contribution in [0, 0.1) is 7.14 Å². The van der Waals surface area contributed by atoms with E-state index in [1.165, 1.54) is 14.2 Å². The number of halogens is 2. The standard InChI is InChI=1S/C20H20I2N2O4/c1-19(17(25)27-2)11-20(18(26)28-3,23-14-7-4-12(21)5-8-14)15-10-13(22)6-9-16(15)24-19/h4-10,23-24H,11H2,1-3H3. The molecule has 0 fully saturated rings. The maximum absolute atomic E-state index is 13.2. The number of methoxy groups -OCH3 is 2. The molecule has 148 valence electrons. The van der Waals surface area contributed by atoms with Crippen LogP contribution in [-0.2, 0) is 24.6 Å². The van der Waals surface area contributed by atoms with Gasteiger partial charge in [0, 0.05) is 30.5 Å². The van der Waals surface area contributed by atoms with Gasteiger partial charge in [-0.25, -0.2) is 9.59 Å². The van der Waals surface area contributed by atoms with Crippen LogP contribution >= 0.6 is 45.2 Å². The van der Waals surface area contributed by atoms with Crippen molar-refractivity contribution in [2.75, 3.05) is 24.9 Å². The van der Waals surface area contributed by atoms with E-state index in [9.17, 15) is 9.59 Å². The Bertz CT molecular complexity index is 919. The first kappa shape index (κ1) is 21.2. The zero-order chi connectivity index (χ0) is 20.5. The summed E-state index contributed by atoms with van der Waals surface area (Å²) in [6, 6.07) is 13.4. The van der Waals surface area contributed by atoms with Gasteiger partial charge in [0.2, 0.25) is 0 Å². The summed E-state index contributed by atoms with van der Waals surface area (Å²) in [7, 11) is 2.69. The SMILES string of the molecule is COC(=O)C1(C)CC(Nc2ccc(I)cc2)(C(=O)OC)c2cc(I)ccc2N1. The fraction of sp³-hybridized carbons (Fsp3) is 0.300. The third kappa shape index (κ3) is 3.80. The quantitative estimate of drug-likeness (QED) is 0.403. The minimum absolute atomic E-state index is 0.123. The van der Waals surface area contributed by atoms with Crippen molar-refractivity contribution in [1.29, 1.82) is 0 Å². The number of nitrogens with one attached hydrogen (secondary N) is 2. The molecule has 0 aromatic heterocycles. The summed E-state index contributed by atoms with van der Waals surface area (Å²) in [4.78, 5) is 25.8. The number of anilines is 2. The van der Waals surface area contributed by atoms with E-state index in [0.29, 0.717) is 5.69 Å². The third-order valence-electron chi connectivity index (χ3n) is 4.84. The summed E-state index contributed by atoms with van der Waals surface area (Å²) in [6.45, 7) is 1.73. The van der Waals surface area contributed by atoms with Crippen LogP contribution in [0.3, 0.4) is 0 Å². The van der Waals surface area contributed by atoms with Crippen LogP contribution in [-0.4, -0.2) is 31.7 Å². The van der Waals surface area contributed by atoms with E-state index in [1.54, 1.807) is 6.92 Å². The highest BCUT2D eigenvalue weighted by molar-refractivity contribution is 14.1. The van der Waals surface area contributed by atoms with E-state index in [0.717, 1.165) is 18.4 Å². The maximum Gasteiger partial charge on any atom is 0.336 e. The minimum atomic E-state index is -1.26. The lowest BCUT2D eigenvalue weighted by Gasteiger charge is -2.45. The number of fused-ring (bicyclic) bond motifs is 1. The second-order valence-electron chi connectivity index (χ2n) is 6.84. The van der Waals surface area contributed by atoms with Crippen molar-refractivity contribution in [1.82, 2.24) is 0 Å². The van der Waals surface area contributed by atoms with Gasteiger partial charge in [-0.05, 0) is 94.6 Å². The molecule has 0 aliphatic carbocycles. The summed E-state index contributed by atoms with van der Waals surface area (Å²) in [5.74, 6) is -0.916. The largest absolute Gasteiger partial charge is 0.467 e. The van der Waals surface area contributed by atoms with Crippen molar-refractivity contribution in [3.8, 4) is 0 Å². The predicted molar refractivity (Wildman–Crippen MR) is 124 cm³/mol. The summed E-state index contributed by atoms with van der Waals surface area (Å²) in [5.41, 5.74) is -0.204. The molecule has 0 bridgehead atoms. The van der Waals surface area contributed by atoms with Gasteiger partial charge in [0.15, 0.2) is 5.54 Å². The Morgan fingerprint density at radius 1 is 1.00 bits per heavy atom. The van der Waals surface area contributed by atoms with Gasteiger partial charge < -0.3 is 20.1 Å². The monoisotopic (exact) mass is 606 g/mol. The van der Waals surface area contributed by atoms with Crippen LogP contribution in [0.5, 0.6) is 0 Å². The zero-order valence-electron chi connectivity index (χ0n) is 15.6. The van der Waals surface area contributed by atoms with Crippen molar-refractivity contribution in [2.45, 2.75) is 24.4 Å². The number of hydrogen-bond acceptors (Lipinski definition) is 6. The summed E-state index contributed by atoms with van der Waals surface area (Å²) >= 11 is 4.43. The molecule has 0 radical (unpaired) electrons. The molecule has 0 saturated heterocycles. The summed E-state index contributed by atoms with van der Waals surface area (Å²) in [5, 5.41) is 6.61. The molecule has 1 aliphatic heterocycles. The summed E-state index contributed by atoms with van der Waals surface area (Å²) in [6.07, 6.45) is 0.123. The Morgan fingerprint density at radius 2 is 1.61 bits per heavy atom. The Hall–Kier alpha value is -1.56. The Balaban J connectivity index is 2.22. The fourth-order valence-corrected chi connectivity index (χ4v) is 4.44. The van der Waals surface area contributed by atoms with Crippen molar-refractivity contribution >= 4 is 68.5 Å². The Labute approximate surface area is 191 Å². The van der Waals surface area contributed by atoms with Crippen molar-refractivity contribution in [2.24, 2.45) is 0 Å². The zero-order valence-corrected chi connectivity index (χ0v) is 20.0. The van der Waals surface area contributed by atoms with E-state index in [1.807, 2.05) is 42.5 Å². The lowest BCUT2D eigenvalue weighted by atomic mass is 9.73. The number of carbonyl (C=O) groups is 2. The predicted octanol–water partition coefficient (Wildman–Crippen LogP) is 4.12. The Morgan fingerprint density at radius 3 is 2.21 bits per heavy atom. The second-order valence-corrected chi connectivity index (χ2v) is 9.34. The van der Waals surface area contributed by atoms with Crippen molar-refractivity contribution in [3.63, 3.8) is 0 Å². The number of hydrogen-bond donors (Lipinski definition) is 2. The second kappa shape index (κ2) is 8.05. The van der Waals surface area contributed by atoms with E-state index in [4.69, 9.17) is 9.47 Å². The lowest BCUT2D eigenvalue weighted by Crippen LogP contribution is -2.59. The molecule has 6 nitrogen and oxygen atoms in total. The lowest BCUT2D eigenvalue weighted by molar-refractivity contribution is -0.151. The Kier molecular flexibility index (Phi) is 6.08. The molecular formula is C20H20I2N2O4. The van der Waals surface area contributed by atoms with Crippen LogP contribution in [0.2, 0.25) is 0 Å². The molecule has 2 N–H and O–H groups in total. The molecule has 1 heterocycles. The van der Waals surface area contributed by atoms with Gasteiger partial charge in [0.05, 0.1) is 14.2 Å². The van der Waals surface area contributed by atoms with Gasteiger partial charge in [-0.3, -0.25) is 0 Å². The highest BCUT2D eigenvalue weighted by atomic mass is 127. The molecule has 2 unspecified atom stereocenters. The first-order valence-electron chi connectivity index (χ1n) is 8.53. The van der Waals surface area contributed by atoms with Gasteiger partial charge in [0.1, 0.15) is 5.54 Å². The minimum Gasteiger partial charge on any atom is -0.467 e. The maximum atomic E-state index is 13.2. The molecule has 3 rings (SSSR count). The van der Waals surface area contributed by atoms with Crippen molar-refractivity contribution < 1.29 is 19.1 Å². The van der Waals surface area contributed by atoms with Crippen LogP contribution in [0.1, 0.15) is 18.9 Å². The van der Waals surface area contributed by atoms with E-state index >= 15 is 0 Å². The topological polar surface area (TPSA) is 76.7 Å². The molecule has 2 aromatic rings. The smallest absolute Gasteiger partial charge is 0.336 e. The molecule has 0 amide bonds. The number of benzene rings is 2. The molecule has 1 aliphatic rings. The molecule has 2 aromatic carbocycles. The highest BCUT2D eigenvalue weighted by Gasteiger charge is 2.55. The number of esters is 2. The fourth-order valence-electron chi connectivity index (χ4n) is 3.59. The normalized spacial score (nSPS) is 23.2. The van der Waals surface area contributed by atoms with Crippen LogP contribution in [0.25, 0.3) is 0 Å². The number of carbonyl (C=O) groups excluding carboxylic acids is 2. The first-order valence-corrected chi connectivity index (χ1v) is 10.7. The van der Waals surface area contributed by atoms with Crippen molar-refractivity contribution in [3.05, 3.63) is 55.2 Å². The molecule has 28 heavy (non-hydrogen) atoms.